The van der Waals surface area contributed by atoms with Gasteiger partial charge in [-0.15, -0.1) is 37.1 Å². The predicted octanol–water partition coefficient (Wildman–Crippen LogP) is 2.05. The molecule has 0 aliphatic carbocycles. The summed E-state index contributed by atoms with van der Waals surface area (Å²) in [4.78, 5) is 12.5. The Balaban J connectivity index is 0. The summed E-state index contributed by atoms with van der Waals surface area (Å²) < 4.78 is 0. The number of hydrogen-bond acceptors (Lipinski definition) is 1. The van der Waals surface area contributed by atoms with Crippen LogP contribution in [0.15, 0.2) is 13.2 Å². The molecule has 0 unspecified atom stereocenters. The summed E-state index contributed by atoms with van der Waals surface area (Å²) in [5, 5.41) is 0. The van der Waals surface area contributed by atoms with E-state index in [1.54, 1.807) is 6.92 Å². The van der Waals surface area contributed by atoms with Gasteiger partial charge in [0.05, 0.1) is 0 Å². The van der Waals surface area contributed by atoms with Crippen molar-refractivity contribution in [3.8, 4) is 0 Å². The van der Waals surface area contributed by atoms with E-state index in [0.717, 1.165) is 13.1 Å². The molecular formula is C8H16INO. The lowest BCUT2D eigenvalue weighted by Crippen LogP contribution is -2.24. The van der Waals surface area contributed by atoms with Crippen LogP contribution in [0.4, 0.5) is 0 Å². The Hall–Kier alpha value is -0.0600. The van der Waals surface area contributed by atoms with Gasteiger partial charge < -0.3 is 4.90 Å². The van der Waals surface area contributed by atoms with E-state index in [9.17, 15) is 4.79 Å². The molecule has 3 heteroatoms. The van der Waals surface area contributed by atoms with E-state index < -0.39 is 0 Å². The lowest BCUT2D eigenvalue weighted by Gasteiger charge is -2.10. The first-order valence-corrected chi connectivity index (χ1v) is 3.56. The van der Waals surface area contributed by atoms with Gasteiger partial charge in [0.25, 0.3) is 0 Å². The monoisotopic (exact) mass is 269 g/mol. The van der Waals surface area contributed by atoms with Crippen molar-refractivity contribution >= 4 is 29.9 Å². The SMILES string of the molecule is C=C.CC(=O)N1CCCC1.I. The molecule has 11 heavy (non-hydrogen) atoms. The number of amides is 1. The molecule has 1 fully saturated rings. The summed E-state index contributed by atoms with van der Waals surface area (Å²) in [6, 6.07) is 0. The Kier molecular flexibility index (Phi) is 9.89. The molecule has 1 saturated heterocycles. The Morgan fingerprint density at radius 1 is 1.27 bits per heavy atom. The van der Waals surface area contributed by atoms with Crippen LogP contribution in [0.3, 0.4) is 0 Å². The van der Waals surface area contributed by atoms with Gasteiger partial charge in [-0.25, -0.2) is 0 Å². The van der Waals surface area contributed by atoms with Gasteiger partial charge in [0.15, 0.2) is 0 Å². The van der Waals surface area contributed by atoms with E-state index in [0.29, 0.717) is 0 Å². The number of carbonyl (C=O) groups excluding carboxylic acids is 1. The highest BCUT2D eigenvalue weighted by Gasteiger charge is 2.12. The summed E-state index contributed by atoms with van der Waals surface area (Å²) in [5.74, 6) is 0.225. The summed E-state index contributed by atoms with van der Waals surface area (Å²) >= 11 is 0. The smallest absolute Gasteiger partial charge is 0.219 e. The van der Waals surface area contributed by atoms with Crippen LogP contribution in [0.2, 0.25) is 0 Å². The van der Waals surface area contributed by atoms with Crippen molar-refractivity contribution < 1.29 is 4.79 Å². The van der Waals surface area contributed by atoms with Crippen LogP contribution in [-0.4, -0.2) is 23.9 Å². The van der Waals surface area contributed by atoms with Crippen LogP contribution >= 0.6 is 24.0 Å². The number of likely N-dealkylation sites (tertiary alicyclic amines) is 1. The molecule has 0 aromatic rings. The summed E-state index contributed by atoms with van der Waals surface area (Å²) in [7, 11) is 0. The van der Waals surface area contributed by atoms with Gasteiger partial charge in [0.2, 0.25) is 5.91 Å². The van der Waals surface area contributed by atoms with Gasteiger partial charge in [0.1, 0.15) is 0 Å². The molecule has 1 amide bonds. The van der Waals surface area contributed by atoms with Crippen molar-refractivity contribution in [3.05, 3.63) is 13.2 Å². The third kappa shape index (κ3) is 5.24. The number of nitrogens with zero attached hydrogens (tertiary/aromatic N) is 1. The summed E-state index contributed by atoms with van der Waals surface area (Å²) in [5.41, 5.74) is 0. The molecule has 0 spiro atoms. The molecule has 1 rings (SSSR count). The largest absolute Gasteiger partial charge is 0.343 e. The van der Waals surface area contributed by atoms with Crippen LogP contribution in [-0.2, 0) is 4.79 Å². The molecule has 0 atom stereocenters. The van der Waals surface area contributed by atoms with E-state index in [4.69, 9.17) is 0 Å². The minimum Gasteiger partial charge on any atom is -0.343 e. The molecule has 0 saturated carbocycles. The van der Waals surface area contributed by atoms with Crippen molar-refractivity contribution in [3.63, 3.8) is 0 Å². The number of rotatable bonds is 0. The fraction of sp³-hybridized carbons (Fsp3) is 0.625. The molecule has 66 valence electrons. The van der Waals surface area contributed by atoms with E-state index in [2.05, 4.69) is 13.2 Å². The molecule has 1 aliphatic heterocycles. The first kappa shape index (κ1) is 13.5. The van der Waals surface area contributed by atoms with Crippen LogP contribution in [0.5, 0.6) is 0 Å². The molecular weight excluding hydrogens is 253 g/mol. The molecule has 0 radical (unpaired) electrons. The Bertz CT molecular complexity index is 111. The predicted molar refractivity (Wildman–Crippen MR) is 58.2 cm³/mol. The average Bonchev–Trinajstić information content (AvgIpc) is 2.42. The standard InChI is InChI=1S/C6H11NO.C2H4.HI/c1-6(8)7-4-2-3-5-7;1-2;/h2-5H2,1H3;1-2H2;1H. The van der Waals surface area contributed by atoms with Crippen molar-refractivity contribution in [2.45, 2.75) is 19.8 Å². The fourth-order valence-electron chi connectivity index (χ4n) is 1.03. The molecule has 2 nitrogen and oxygen atoms in total. The normalized spacial score (nSPS) is 14.5. The number of hydrogen-bond donors (Lipinski definition) is 0. The average molecular weight is 269 g/mol. The van der Waals surface area contributed by atoms with Crippen LogP contribution in [0.25, 0.3) is 0 Å². The maximum Gasteiger partial charge on any atom is 0.219 e. The topological polar surface area (TPSA) is 20.3 Å². The first-order chi connectivity index (χ1) is 4.80. The summed E-state index contributed by atoms with van der Waals surface area (Å²) in [6.07, 6.45) is 2.39. The maximum absolute atomic E-state index is 10.6. The molecule has 0 aromatic heterocycles. The number of halogens is 1. The molecule has 1 aliphatic rings. The molecule has 0 N–H and O–H groups in total. The Labute approximate surface area is 85.7 Å². The zero-order valence-corrected chi connectivity index (χ0v) is 9.34. The third-order valence-corrected chi connectivity index (χ3v) is 1.55. The zero-order valence-electron chi connectivity index (χ0n) is 7.01. The Morgan fingerprint density at radius 3 is 1.82 bits per heavy atom. The lowest BCUT2D eigenvalue weighted by molar-refractivity contribution is -0.127. The molecule has 0 aromatic carbocycles. The van der Waals surface area contributed by atoms with Crippen molar-refractivity contribution in [2.24, 2.45) is 0 Å². The Morgan fingerprint density at radius 2 is 1.64 bits per heavy atom. The third-order valence-electron chi connectivity index (χ3n) is 1.55. The second kappa shape index (κ2) is 8.04. The van der Waals surface area contributed by atoms with Gasteiger partial charge in [-0.1, -0.05) is 0 Å². The van der Waals surface area contributed by atoms with Crippen LogP contribution < -0.4 is 0 Å². The van der Waals surface area contributed by atoms with E-state index in [-0.39, 0.29) is 29.9 Å². The van der Waals surface area contributed by atoms with Crippen LogP contribution in [0, 0.1) is 0 Å². The first-order valence-electron chi connectivity index (χ1n) is 3.56. The van der Waals surface area contributed by atoms with Gasteiger partial charge in [-0.3, -0.25) is 4.79 Å². The quantitative estimate of drug-likeness (QED) is 0.487. The zero-order chi connectivity index (χ0) is 7.98. The highest BCUT2D eigenvalue weighted by atomic mass is 127. The van der Waals surface area contributed by atoms with Crippen molar-refractivity contribution in [1.29, 1.82) is 0 Å². The van der Waals surface area contributed by atoms with Crippen molar-refractivity contribution in [2.75, 3.05) is 13.1 Å². The highest BCUT2D eigenvalue weighted by molar-refractivity contribution is 14.0. The summed E-state index contributed by atoms with van der Waals surface area (Å²) in [6.45, 7) is 9.59. The number of carbonyl (C=O) groups is 1. The lowest BCUT2D eigenvalue weighted by atomic mass is 10.4. The van der Waals surface area contributed by atoms with Gasteiger partial charge in [-0.05, 0) is 12.8 Å². The minimum absolute atomic E-state index is 0. The highest BCUT2D eigenvalue weighted by Crippen LogP contribution is 2.05. The second-order valence-corrected chi connectivity index (χ2v) is 2.21. The maximum atomic E-state index is 10.6. The molecule has 1 heterocycles. The van der Waals surface area contributed by atoms with Gasteiger partial charge in [0, 0.05) is 20.0 Å². The van der Waals surface area contributed by atoms with E-state index in [1.165, 1.54) is 12.8 Å². The minimum atomic E-state index is 0. The van der Waals surface area contributed by atoms with Gasteiger partial charge in [-0.2, -0.15) is 0 Å². The molecule has 0 bridgehead atoms. The van der Waals surface area contributed by atoms with Gasteiger partial charge >= 0.3 is 0 Å². The fourth-order valence-corrected chi connectivity index (χ4v) is 1.03. The van der Waals surface area contributed by atoms with Crippen molar-refractivity contribution in [1.82, 2.24) is 4.90 Å². The van der Waals surface area contributed by atoms with E-state index >= 15 is 0 Å². The van der Waals surface area contributed by atoms with Crippen LogP contribution in [0.1, 0.15) is 19.8 Å². The second-order valence-electron chi connectivity index (χ2n) is 2.21. The van der Waals surface area contributed by atoms with E-state index in [1.807, 2.05) is 4.90 Å².